The predicted molar refractivity (Wildman–Crippen MR) is 94.9 cm³/mol. The second-order valence-corrected chi connectivity index (χ2v) is 5.98. The van der Waals surface area contributed by atoms with Gasteiger partial charge in [0.1, 0.15) is 0 Å². The molecule has 0 radical (unpaired) electrons. The molecule has 10 heteroatoms. The number of benzene rings is 2. The molecule has 28 heavy (non-hydrogen) atoms. The molecule has 1 amide bonds. The Balaban J connectivity index is 1.64. The number of halogens is 4. The van der Waals surface area contributed by atoms with Crippen molar-refractivity contribution in [2.75, 3.05) is 11.9 Å². The number of aromatic nitrogens is 2. The minimum atomic E-state index is -4.59. The summed E-state index contributed by atoms with van der Waals surface area (Å²) in [4.78, 5) is 32.1. The maximum atomic E-state index is 12.8. The smallest absolute Gasteiger partial charge is 0.416 e. The number of alkyl halides is 3. The summed E-state index contributed by atoms with van der Waals surface area (Å²) < 4.78 is 43.1. The number of hydrogen-bond acceptors (Lipinski definition) is 5. The molecule has 0 aliphatic heterocycles. The zero-order chi connectivity index (χ0) is 20.3. The Kier molecular flexibility index (Phi) is 5.46. The monoisotopic (exact) mass is 409 g/mol. The summed E-state index contributed by atoms with van der Waals surface area (Å²) in [5, 5.41) is 2.11. The molecule has 0 unspecified atom stereocenters. The minimum Gasteiger partial charge on any atom is -0.452 e. The van der Waals surface area contributed by atoms with E-state index < -0.39 is 30.2 Å². The van der Waals surface area contributed by atoms with E-state index in [-0.39, 0.29) is 16.3 Å². The number of anilines is 1. The van der Waals surface area contributed by atoms with Crippen LogP contribution in [0.25, 0.3) is 11.0 Å². The fraction of sp³-hybridized carbons (Fsp3) is 0.111. The fourth-order valence-corrected chi connectivity index (χ4v) is 2.45. The Morgan fingerprint density at radius 3 is 2.46 bits per heavy atom. The van der Waals surface area contributed by atoms with E-state index in [1.54, 1.807) is 6.07 Å². The highest BCUT2D eigenvalue weighted by Crippen LogP contribution is 2.33. The van der Waals surface area contributed by atoms with E-state index >= 15 is 0 Å². The van der Waals surface area contributed by atoms with E-state index in [2.05, 4.69) is 15.3 Å². The van der Waals surface area contributed by atoms with Crippen LogP contribution in [0.2, 0.25) is 5.02 Å². The van der Waals surface area contributed by atoms with Gasteiger partial charge in [-0.15, -0.1) is 0 Å². The molecule has 144 valence electrons. The maximum Gasteiger partial charge on any atom is 0.416 e. The fourth-order valence-electron chi connectivity index (χ4n) is 2.29. The SMILES string of the molecule is O=C(COC(=O)c1ccc2nccnc2c1)Nc1cc(C(F)(F)F)ccc1Cl. The number of nitrogens with one attached hydrogen (secondary N) is 1. The van der Waals surface area contributed by atoms with Crippen LogP contribution >= 0.6 is 11.6 Å². The number of rotatable bonds is 4. The van der Waals surface area contributed by atoms with Crippen molar-refractivity contribution in [3.05, 3.63) is 64.9 Å². The lowest BCUT2D eigenvalue weighted by atomic mass is 10.2. The predicted octanol–water partition coefficient (Wildman–Crippen LogP) is 4.10. The van der Waals surface area contributed by atoms with Crippen molar-refractivity contribution >= 4 is 40.2 Å². The summed E-state index contributed by atoms with van der Waals surface area (Å²) in [6.07, 6.45) is -1.62. The van der Waals surface area contributed by atoms with Crippen LogP contribution < -0.4 is 5.32 Å². The van der Waals surface area contributed by atoms with Gasteiger partial charge in [-0.05, 0) is 36.4 Å². The third kappa shape index (κ3) is 4.55. The van der Waals surface area contributed by atoms with Crippen LogP contribution in [0, 0.1) is 0 Å². The Morgan fingerprint density at radius 2 is 1.75 bits per heavy atom. The van der Waals surface area contributed by atoms with Gasteiger partial charge in [-0.3, -0.25) is 14.8 Å². The number of carbonyl (C=O) groups excluding carboxylic acids is 2. The molecule has 0 aliphatic carbocycles. The van der Waals surface area contributed by atoms with E-state index in [1.165, 1.54) is 24.5 Å². The van der Waals surface area contributed by atoms with Crippen molar-refractivity contribution < 1.29 is 27.5 Å². The molecule has 0 bridgehead atoms. The Hall–Kier alpha value is -3.20. The van der Waals surface area contributed by atoms with Crippen LogP contribution in [0.3, 0.4) is 0 Å². The molecule has 1 N–H and O–H groups in total. The second kappa shape index (κ2) is 7.81. The molecule has 2 aromatic carbocycles. The number of esters is 1. The lowest BCUT2D eigenvalue weighted by Gasteiger charge is -2.12. The van der Waals surface area contributed by atoms with Gasteiger partial charge in [0.25, 0.3) is 5.91 Å². The van der Waals surface area contributed by atoms with Gasteiger partial charge in [0.2, 0.25) is 0 Å². The molecule has 1 aromatic heterocycles. The van der Waals surface area contributed by atoms with E-state index in [1.807, 2.05) is 0 Å². The van der Waals surface area contributed by atoms with Crippen LogP contribution in [0.15, 0.2) is 48.8 Å². The summed E-state index contributed by atoms with van der Waals surface area (Å²) in [6.45, 7) is -0.704. The topological polar surface area (TPSA) is 81.2 Å². The van der Waals surface area contributed by atoms with Crippen LogP contribution in [-0.4, -0.2) is 28.5 Å². The van der Waals surface area contributed by atoms with Crippen LogP contribution in [0.5, 0.6) is 0 Å². The molecule has 3 rings (SSSR count). The van der Waals surface area contributed by atoms with Crippen molar-refractivity contribution in [3.63, 3.8) is 0 Å². The summed E-state index contributed by atoms with van der Waals surface area (Å²) in [6, 6.07) is 6.99. The first-order chi connectivity index (χ1) is 13.2. The quantitative estimate of drug-likeness (QED) is 0.656. The number of carbonyl (C=O) groups is 2. The molecular weight excluding hydrogens is 399 g/mol. The van der Waals surface area contributed by atoms with Gasteiger partial charge in [-0.2, -0.15) is 13.2 Å². The molecule has 1 heterocycles. The molecule has 0 aliphatic rings. The third-order valence-electron chi connectivity index (χ3n) is 3.61. The normalized spacial score (nSPS) is 11.3. The number of ether oxygens (including phenoxy) is 1. The van der Waals surface area contributed by atoms with Gasteiger partial charge in [-0.1, -0.05) is 11.6 Å². The standard InChI is InChI=1S/C18H11ClF3N3O3/c19-12-3-2-11(18(20,21)22)8-14(12)25-16(26)9-28-17(27)10-1-4-13-15(7-10)24-6-5-23-13/h1-8H,9H2,(H,25,26). The lowest BCUT2D eigenvalue weighted by Crippen LogP contribution is -2.21. The molecule has 0 saturated carbocycles. The molecule has 0 atom stereocenters. The third-order valence-corrected chi connectivity index (χ3v) is 3.94. The molecular formula is C18H11ClF3N3O3. The van der Waals surface area contributed by atoms with E-state index in [4.69, 9.17) is 16.3 Å². The lowest BCUT2D eigenvalue weighted by molar-refractivity contribution is -0.137. The number of hydrogen-bond donors (Lipinski definition) is 1. The van der Waals surface area contributed by atoms with Gasteiger partial charge in [-0.25, -0.2) is 4.79 Å². The number of nitrogens with zero attached hydrogens (tertiary/aromatic N) is 2. The van der Waals surface area contributed by atoms with Crippen molar-refractivity contribution in [2.45, 2.75) is 6.18 Å². The molecule has 0 spiro atoms. The average Bonchev–Trinajstić information content (AvgIpc) is 2.66. The van der Waals surface area contributed by atoms with Crippen molar-refractivity contribution in [1.82, 2.24) is 9.97 Å². The molecule has 0 fully saturated rings. The van der Waals surface area contributed by atoms with E-state index in [9.17, 15) is 22.8 Å². The summed E-state index contributed by atoms with van der Waals surface area (Å²) in [7, 11) is 0. The van der Waals surface area contributed by atoms with Gasteiger partial charge < -0.3 is 10.1 Å². The first-order valence-electron chi connectivity index (χ1n) is 7.78. The molecule has 0 saturated heterocycles. The zero-order valence-electron chi connectivity index (χ0n) is 14.0. The Labute approximate surface area is 161 Å². The van der Waals surface area contributed by atoms with Crippen LogP contribution in [0.1, 0.15) is 15.9 Å². The Bertz CT molecular complexity index is 1060. The zero-order valence-corrected chi connectivity index (χ0v) is 14.7. The van der Waals surface area contributed by atoms with Crippen molar-refractivity contribution in [2.24, 2.45) is 0 Å². The number of amides is 1. The van der Waals surface area contributed by atoms with Gasteiger partial charge in [0.05, 0.1) is 32.9 Å². The van der Waals surface area contributed by atoms with Crippen LogP contribution in [-0.2, 0) is 15.7 Å². The largest absolute Gasteiger partial charge is 0.452 e. The number of fused-ring (bicyclic) bond motifs is 1. The highest BCUT2D eigenvalue weighted by atomic mass is 35.5. The summed E-state index contributed by atoms with van der Waals surface area (Å²) in [5.74, 6) is -1.63. The highest BCUT2D eigenvalue weighted by molar-refractivity contribution is 6.33. The first kappa shape index (κ1) is 19.6. The highest BCUT2D eigenvalue weighted by Gasteiger charge is 2.31. The van der Waals surface area contributed by atoms with Gasteiger partial charge in [0, 0.05) is 12.4 Å². The minimum absolute atomic E-state index is 0.0826. The summed E-state index contributed by atoms with van der Waals surface area (Å²) in [5.41, 5.74) is -0.00832. The van der Waals surface area contributed by atoms with E-state index in [0.29, 0.717) is 17.1 Å². The van der Waals surface area contributed by atoms with Crippen LogP contribution in [0.4, 0.5) is 18.9 Å². The van der Waals surface area contributed by atoms with Crippen molar-refractivity contribution in [3.8, 4) is 0 Å². The summed E-state index contributed by atoms with van der Waals surface area (Å²) >= 11 is 5.80. The Morgan fingerprint density at radius 1 is 1.04 bits per heavy atom. The maximum absolute atomic E-state index is 12.8. The second-order valence-electron chi connectivity index (χ2n) is 5.58. The first-order valence-corrected chi connectivity index (χ1v) is 8.16. The van der Waals surface area contributed by atoms with Gasteiger partial charge in [0.15, 0.2) is 6.61 Å². The molecule has 6 nitrogen and oxygen atoms in total. The van der Waals surface area contributed by atoms with E-state index in [0.717, 1.165) is 12.1 Å². The van der Waals surface area contributed by atoms with Gasteiger partial charge >= 0.3 is 12.1 Å². The van der Waals surface area contributed by atoms with Crippen molar-refractivity contribution in [1.29, 1.82) is 0 Å². The molecule has 3 aromatic rings. The average molecular weight is 410 g/mol.